The van der Waals surface area contributed by atoms with Crippen molar-refractivity contribution in [3.63, 3.8) is 0 Å². The van der Waals surface area contributed by atoms with Crippen molar-refractivity contribution in [1.82, 2.24) is 0 Å². The Balaban J connectivity index is 1.82. The highest BCUT2D eigenvalue weighted by atomic mass is 35.5. The van der Waals surface area contributed by atoms with E-state index in [2.05, 4.69) is 42.2 Å². The van der Waals surface area contributed by atoms with Crippen molar-refractivity contribution < 1.29 is 18.5 Å². The first kappa shape index (κ1) is 29.9. The molecule has 8 heteroatoms. The molecule has 0 aliphatic carbocycles. The number of hydrogen-bond donors (Lipinski definition) is 1. The minimum absolute atomic E-state index is 0.136. The monoisotopic (exact) mass is 574 g/mol. The van der Waals surface area contributed by atoms with Crippen molar-refractivity contribution >= 4 is 33.8 Å². The quantitative estimate of drug-likeness (QED) is 0.372. The fraction of sp³-hybridized carbons (Fsp3) is 0.581. The molecule has 6 nitrogen and oxygen atoms in total. The van der Waals surface area contributed by atoms with Crippen LogP contribution in [0.2, 0.25) is 5.02 Å². The van der Waals surface area contributed by atoms with Crippen LogP contribution in [0, 0.1) is 17.8 Å². The van der Waals surface area contributed by atoms with Gasteiger partial charge in [0.15, 0.2) is 0 Å². The Morgan fingerprint density at radius 1 is 1.05 bits per heavy atom. The summed E-state index contributed by atoms with van der Waals surface area (Å²) in [6.07, 6.45) is 5.88. The number of carbonyl (C=O) groups excluding carboxylic acids is 1. The molecule has 1 amide bonds. The van der Waals surface area contributed by atoms with Gasteiger partial charge in [0.25, 0.3) is 5.91 Å². The number of aryl methyl sites for hydroxylation is 1. The zero-order valence-electron chi connectivity index (χ0n) is 23.7. The predicted octanol–water partition coefficient (Wildman–Crippen LogP) is 6.97. The van der Waals surface area contributed by atoms with Crippen LogP contribution < -0.4 is 9.64 Å². The van der Waals surface area contributed by atoms with Crippen LogP contribution in [0.1, 0.15) is 74.4 Å². The summed E-state index contributed by atoms with van der Waals surface area (Å²) < 4.78 is 29.2. The average Bonchev–Trinajstić information content (AvgIpc) is 2.93. The number of anilines is 1. The number of hydrogen-bond acceptors (Lipinski definition) is 5. The SMILES string of the molecule is CO[C@H]1CCC[C@H](C)C/[SH](=O)=N\C(=O)c2ccc3c(c2)N(Cc2ccc(Cl)cc2CCCCO3)C[C@H](C)[C@H]1C. The fourth-order valence-electron chi connectivity index (χ4n) is 5.76. The third-order valence-corrected chi connectivity index (χ3v) is 9.90. The second-order valence-electron chi connectivity index (χ2n) is 11.4. The van der Waals surface area contributed by atoms with Crippen molar-refractivity contribution in [2.24, 2.45) is 22.1 Å². The molecule has 0 radical (unpaired) electrons. The van der Waals surface area contributed by atoms with E-state index in [0.717, 1.165) is 61.5 Å². The first-order valence-corrected chi connectivity index (χ1v) is 16.0. The van der Waals surface area contributed by atoms with E-state index in [4.69, 9.17) is 21.1 Å². The van der Waals surface area contributed by atoms with E-state index >= 15 is 0 Å². The van der Waals surface area contributed by atoms with Gasteiger partial charge >= 0.3 is 0 Å². The van der Waals surface area contributed by atoms with Gasteiger partial charge in [-0.2, -0.15) is 4.36 Å². The van der Waals surface area contributed by atoms with Crippen molar-refractivity contribution in [2.75, 3.05) is 30.9 Å². The van der Waals surface area contributed by atoms with Crippen LogP contribution in [-0.4, -0.2) is 42.2 Å². The molecule has 5 atom stereocenters. The Morgan fingerprint density at radius 2 is 1.87 bits per heavy atom. The molecule has 1 unspecified atom stereocenters. The van der Waals surface area contributed by atoms with E-state index < -0.39 is 16.5 Å². The number of nitrogens with zero attached hydrogens (tertiary/aromatic N) is 2. The summed E-state index contributed by atoms with van der Waals surface area (Å²) in [5, 5.41) is 0.746. The number of methoxy groups -OCH3 is 1. The summed E-state index contributed by atoms with van der Waals surface area (Å²) in [7, 11) is -0.163. The topological polar surface area (TPSA) is 68.2 Å². The maximum atomic E-state index is 13.1. The van der Waals surface area contributed by atoms with Crippen LogP contribution in [-0.2, 0) is 28.3 Å². The van der Waals surface area contributed by atoms with Crippen LogP contribution in [0.5, 0.6) is 5.75 Å². The van der Waals surface area contributed by atoms with Gasteiger partial charge in [-0.1, -0.05) is 44.9 Å². The van der Waals surface area contributed by atoms with Gasteiger partial charge in [-0.25, -0.2) is 0 Å². The number of ether oxygens (including phenoxy) is 2. The lowest BCUT2D eigenvalue weighted by molar-refractivity contribution is 0.0303. The lowest BCUT2D eigenvalue weighted by Gasteiger charge is -2.35. The average molecular weight is 575 g/mol. The van der Waals surface area contributed by atoms with Crippen molar-refractivity contribution in [1.29, 1.82) is 0 Å². The first-order valence-electron chi connectivity index (χ1n) is 14.3. The number of benzene rings is 2. The van der Waals surface area contributed by atoms with Crippen LogP contribution in [0.4, 0.5) is 5.69 Å². The predicted molar refractivity (Wildman–Crippen MR) is 161 cm³/mol. The van der Waals surface area contributed by atoms with E-state index in [0.29, 0.717) is 36.3 Å². The molecule has 0 saturated heterocycles. The fourth-order valence-corrected chi connectivity index (χ4v) is 7.07. The summed E-state index contributed by atoms with van der Waals surface area (Å²) in [5.74, 6) is 1.61. The second-order valence-corrected chi connectivity index (χ2v) is 13.1. The number of rotatable bonds is 1. The third kappa shape index (κ3) is 7.99. The molecule has 2 heterocycles. The molecule has 0 spiro atoms. The minimum Gasteiger partial charge on any atom is -0.491 e. The number of thiol groups is 1. The Bertz CT molecular complexity index is 1230. The molecule has 0 N–H and O–H groups in total. The normalized spacial score (nSPS) is 27.9. The molecule has 0 aromatic heterocycles. The van der Waals surface area contributed by atoms with Gasteiger partial charge in [0.05, 0.1) is 18.4 Å². The summed E-state index contributed by atoms with van der Waals surface area (Å²) in [4.78, 5) is 15.5. The van der Waals surface area contributed by atoms with E-state index in [1.54, 1.807) is 13.2 Å². The molecule has 0 fully saturated rings. The maximum Gasteiger partial charge on any atom is 0.284 e. The lowest BCUT2D eigenvalue weighted by Crippen LogP contribution is -2.36. The van der Waals surface area contributed by atoms with Gasteiger partial charge in [0.1, 0.15) is 5.75 Å². The Labute approximate surface area is 240 Å². The zero-order valence-corrected chi connectivity index (χ0v) is 25.3. The van der Waals surface area contributed by atoms with Gasteiger partial charge in [-0.3, -0.25) is 9.00 Å². The van der Waals surface area contributed by atoms with Crippen LogP contribution in [0.3, 0.4) is 0 Å². The summed E-state index contributed by atoms with van der Waals surface area (Å²) in [6, 6.07) is 11.7. The van der Waals surface area contributed by atoms with Gasteiger partial charge in [-0.15, -0.1) is 0 Å². The highest BCUT2D eigenvalue weighted by Crippen LogP contribution is 2.35. The molecule has 4 rings (SSSR count). The number of amides is 1. The molecule has 0 saturated carbocycles. The summed E-state index contributed by atoms with van der Waals surface area (Å²) in [5.41, 5.74) is 3.78. The van der Waals surface area contributed by atoms with Crippen LogP contribution in [0.15, 0.2) is 40.8 Å². The third-order valence-electron chi connectivity index (χ3n) is 8.33. The molecule has 2 aromatic carbocycles. The van der Waals surface area contributed by atoms with E-state index in [1.807, 2.05) is 18.2 Å². The smallest absolute Gasteiger partial charge is 0.284 e. The number of carbonyl (C=O) groups is 1. The highest BCUT2D eigenvalue weighted by molar-refractivity contribution is 7.75. The Hall–Kier alpha value is -2.09. The van der Waals surface area contributed by atoms with Gasteiger partial charge < -0.3 is 14.4 Å². The van der Waals surface area contributed by atoms with E-state index in [9.17, 15) is 9.00 Å². The summed E-state index contributed by atoms with van der Waals surface area (Å²) >= 11 is 6.40. The molecule has 2 aliphatic heterocycles. The molecule has 2 bridgehead atoms. The Kier molecular flexibility index (Phi) is 10.7. The molecule has 2 aromatic rings. The largest absolute Gasteiger partial charge is 0.491 e. The summed E-state index contributed by atoms with van der Waals surface area (Å²) in [6.45, 7) is 8.67. The van der Waals surface area contributed by atoms with E-state index in [1.165, 1.54) is 11.1 Å². The zero-order chi connectivity index (χ0) is 27.9. The van der Waals surface area contributed by atoms with Gasteiger partial charge in [-0.05, 0) is 91.3 Å². The maximum absolute atomic E-state index is 13.1. The molecule has 39 heavy (non-hydrogen) atoms. The molecular weight excluding hydrogens is 532 g/mol. The molecule has 214 valence electrons. The van der Waals surface area contributed by atoms with Crippen molar-refractivity contribution in [2.45, 2.75) is 71.9 Å². The highest BCUT2D eigenvalue weighted by Gasteiger charge is 2.27. The van der Waals surface area contributed by atoms with E-state index in [-0.39, 0.29) is 12.0 Å². The van der Waals surface area contributed by atoms with Crippen molar-refractivity contribution in [3.05, 3.63) is 58.1 Å². The Morgan fingerprint density at radius 3 is 2.67 bits per heavy atom. The number of fused-ring (bicyclic) bond motifs is 2. The molecular formula is C31H43ClN2O4S. The van der Waals surface area contributed by atoms with Crippen LogP contribution >= 0.6 is 11.6 Å². The van der Waals surface area contributed by atoms with Gasteiger partial charge in [0, 0.05) is 47.1 Å². The second kappa shape index (κ2) is 14.0. The standard InChI is InChI=1S/C31H43ClN2O4S/c1-21-8-7-10-29(37-4)23(3)22(2)18-34-19-26-11-13-27(32)16-24(26)9-5-6-15-38-30-14-12-25(17-28(30)34)31(35)33-39(36)20-21/h11-14,16-17,21-23,29,39H,5-10,15,18-20H2,1-4H3/t21-,22-,23+,29-/m0/s1. The van der Waals surface area contributed by atoms with Crippen LogP contribution in [0.25, 0.3) is 0 Å². The number of halogens is 1. The lowest BCUT2D eigenvalue weighted by atomic mass is 9.86. The first-order chi connectivity index (χ1) is 18.7. The molecule has 2 aliphatic rings. The minimum atomic E-state index is -1.97. The van der Waals surface area contributed by atoms with Gasteiger partial charge in [0.2, 0.25) is 0 Å². The van der Waals surface area contributed by atoms with Crippen molar-refractivity contribution in [3.8, 4) is 5.75 Å².